The summed E-state index contributed by atoms with van der Waals surface area (Å²) < 4.78 is 19.1. The average molecular weight is 429 g/mol. The van der Waals surface area contributed by atoms with Gasteiger partial charge in [0.25, 0.3) is 5.91 Å². The molecule has 3 aromatic heterocycles. The van der Waals surface area contributed by atoms with Crippen molar-refractivity contribution in [3.8, 4) is 11.3 Å². The largest absolute Gasteiger partial charge is 0.443 e. The van der Waals surface area contributed by atoms with E-state index in [0.717, 1.165) is 24.0 Å². The summed E-state index contributed by atoms with van der Waals surface area (Å²) in [5, 5.41) is 0. The first kappa shape index (κ1) is 20.0. The van der Waals surface area contributed by atoms with Crippen LogP contribution in [0.3, 0.4) is 0 Å². The predicted octanol–water partition coefficient (Wildman–Crippen LogP) is 4.23. The summed E-state index contributed by atoms with van der Waals surface area (Å²) in [4.78, 5) is 32.0. The van der Waals surface area contributed by atoms with E-state index < -0.39 is 0 Å². The molecule has 1 saturated heterocycles. The molecule has 4 aromatic rings. The molecule has 0 unspecified atom stereocenters. The van der Waals surface area contributed by atoms with Gasteiger partial charge in [-0.05, 0) is 42.7 Å². The maximum absolute atomic E-state index is 13.3. The van der Waals surface area contributed by atoms with Crippen LogP contribution in [0.15, 0.2) is 71.8 Å². The number of hydrogen-bond donors (Lipinski definition) is 0. The Bertz CT molecular complexity index is 1230. The number of benzene rings is 1. The first-order valence-electron chi connectivity index (χ1n) is 10.4. The van der Waals surface area contributed by atoms with E-state index in [9.17, 15) is 9.18 Å². The maximum atomic E-state index is 13.3. The van der Waals surface area contributed by atoms with Gasteiger partial charge in [0.2, 0.25) is 5.89 Å². The quantitative estimate of drug-likeness (QED) is 0.472. The van der Waals surface area contributed by atoms with Crippen LogP contribution in [0.25, 0.3) is 11.3 Å². The van der Waals surface area contributed by atoms with E-state index in [-0.39, 0.29) is 17.8 Å². The second-order valence-electron chi connectivity index (χ2n) is 7.66. The molecule has 1 atom stereocenters. The maximum Gasteiger partial charge on any atom is 0.273 e. The van der Waals surface area contributed by atoms with Crippen molar-refractivity contribution in [2.24, 2.45) is 0 Å². The lowest BCUT2D eigenvalue weighted by Crippen LogP contribution is -2.31. The highest BCUT2D eigenvalue weighted by Crippen LogP contribution is 2.33. The van der Waals surface area contributed by atoms with Crippen LogP contribution in [0, 0.1) is 5.82 Å². The van der Waals surface area contributed by atoms with E-state index in [4.69, 9.17) is 4.42 Å². The third-order valence-corrected chi connectivity index (χ3v) is 5.49. The molecule has 0 N–H and O–H groups in total. The minimum absolute atomic E-state index is 0.163. The molecule has 0 bridgehead atoms. The molecule has 32 heavy (non-hydrogen) atoms. The highest BCUT2D eigenvalue weighted by molar-refractivity contribution is 5.93. The van der Waals surface area contributed by atoms with Crippen LogP contribution in [-0.4, -0.2) is 37.3 Å². The fraction of sp³-hybridized carbons (Fsp3) is 0.208. The van der Waals surface area contributed by atoms with Crippen molar-refractivity contribution in [2.45, 2.75) is 25.3 Å². The molecule has 5 rings (SSSR count). The average Bonchev–Trinajstić information content (AvgIpc) is 3.50. The van der Waals surface area contributed by atoms with Crippen molar-refractivity contribution in [3.05, 3.63) is 96.1 Å². The van der Waals surface area contributed by atoms with Gasteiger partial charge >= 0.3 is 0 Å². The van der Waals surface area contributed by atoms with E-state index in [1.54, 1.807) is 47.8 Å². The van der Waals surface area contributed by atoms with Crippen molar-refractivity contribution in [1.82, 2.24) is 24.8 Å². The molecule has 1 fully saturated rings. The molecule has 1 aromatic carbocycles. The van der Waals surface area contributed by atoms with Crippen molar-refractivity contribution >= 4 is 5.91 Å². The number of oxazole rings is 1. The van der Waals surface area contributed by atoms with Gasteiger partial charge in [-0.25, -0.2) is 24.3 Å². The Balaban J connectivity index is 1.34. The van der Waals surface area contributed by atoms with Gasteiger partial charge in [0.1, 0.15) is 29.6 Å². The molecule has 8 heteroatoms. The standard InChI is InChI=1S/C24H20FN5O2/c25-18-8-6-16(7-9-18)11-19-14-28-23(32-19)22-5-2-10-30(22)24(31)21-4-1-3-20(29-21)17-12-26-15-27-13-17/h1,3-4,6-9,12-15,22H,2,5,10-11H2/t22-/m0/s1. The molecule has 1 aliphatic rings. The zero-order valence-corrected chi connectivity index (χ0v) is 17.2. The van der Waals surface area contributed by atoms with E-state index in [1.807, 2.05) is 6.07 Å². The number of pyridine rings is 1. The van der Waals surface area contributed by atoms with E-state index in [0.29, 0.717) is 36.0 Å². The Morgan fingerprint density at radius 2 is 1.91 bits per heavy atom. The third-order valence-electron chi connectivity index (χ3n) is 5.49. The number of carbonyl (C=O) groups is 1. The molecule has 0 radical (unpaired) electrons. The lowest BCUT2D eigenvalue weighted by molar-refractivity contribution is 0.0708. The lowest BCUT2D eigenvalue weighted by atomic mass is 10.1. The van der Waals surface area contributed by atoms with E-state index >= 15 is 0 Å². The Morgan fingerprint density at radius 3 is 2.72 bits per heavy atom. The van der Waals surface area contributed by atoms with E-state index in [2.05, 4.69) is 19.9 Å². The number of carbonyl (C=O) groups excluding carboxylic acids is 1. The molecule has 1 amide bonds. The summed E-state index contributed by atoms with van der Waals surface area (Å²) in [7, 11) is 0. The number of rotatable bonds is 5. The smallest absolute Gasteiger partial charge is 0.273 e. The second-order valence-corrected chi connectivity index (χ2v) is 7.66. The summed E-state index contributed by atoms with van der Waals surface area (Å²) in [6.45, 7) is 0.611. The van der Waals surface area contributed by atoms with Gasteiger partial charge in [-0.2, -0.15) is 0 Å². The van der Waals surface area contributed by atoms with Gasteiger partial charge < -0.3 is 9.32 Å². The Kier molecular flexibility index (Phi) is 5.41. The van der Waals surface area contributed by atoms with Crippen LogP contribution in [0.4, 0.5) is 4.39 Å². The Morgan fingerprint density at radius 1 is 1.09 bits per heavy atom. The van der Waals surface area contributed by atoms with Gasteiger partial charge in [-0.3, -0.25) is 4.79 Å². The monoisotopic (exact) mass is 429 g/mol. The number of likely N-dealkylation sites (tertiary alicyclic amines) is 1. The fourth-order valence-electron chi connectivity index (χ4n) is 3.92. The first-order valence-corrected chi connectivity index (χ1v) is 10.4. The molecule has 0 saturated carbocycles. The van der Waals surface area contributed by atoms with Crippen LogP contribution < -0.4 is 0 Å². The number of amides is 1. The number of hydrogen-bond acceptors (Lipinski definition) is 6. The topological polar surface area (TPSA) is 85.0 Å². The number of halogens is 1. The summed E-state index contributed by atoms with van der Waals surface area (Å²) in [5.41, 5.74) is 2.68. The van der Waals surface area contributed by atoms with Crippen molar-refractivity contribution in [2.75, 3.05) is 6.54 Å². The predicted molar refractivity (Wildman–Crippen MR) is 114 cm³/mol. The van der Waals surface area contributed by atoms with Crippen molar-refractivity contribution < 1.29 is 13.6 Å². The molecular weight excluding hydrogens is 409 g/mol. The highest BCUT2D eigenvalue weighted by atomic mass is 19.1. The van der Waals surface area contributed by atoms with Crippen LogP contribution in [0.5, 0.6) is 0 Å². The zero-order valence-electron chi connectivity index (χ0n) is 17.2. The molecule has 0 aliphatic carbocycles. The highest BCUT2D eigenvalue weighted by Gasteiger charge is 2.34. The Hall–Kier alpha value is -3.94. The van der Waals surface area contributed by atoms with E-state index in [1.165, 1.54) is 18.5 Å². The summed E-state index contributed by atoms with van der Waals surface area (Å²) in [6.07, 6.45) is 8.60. The molecule has 0 spiro atoms. The van der Waals surface area contributed by atoms with Crippen molar-refractivity contribution in [1.29, 1.82) is 0 Å². The van der Waals surface area contributed by atoms with Gasteiger partial charge in [-0.1, -0.05) is 18.2 Å². The third kappa shape index (κ3) is 4.12. The molecule has 4 heterocycles. The summed E-state index contributed by atoms with van der Waals surface area (Å²) >= 11 is 0. The van der Waals surface area contributed by atoms with Gasteiger partial charge in [0.05, 0.1) is 11.9 Å². The first-order chi connectivity index (χ1) is 15.7. The molecule has 7 nitrogen and oxygen atoms in total. The minimum Gasteiger partial charge on any atom is -0.443 e. The number of nitrogens with zero attached hydrogens (tertiary/aromatic N) is 5. The van der Waals surface area contributed by atoms with Crippen molar-refractivity contribution in [3.63, 3.8) is 0 Å². The fourth-order valence-corrected chi connectivity index (χ4v) is 3.92. The summed E-state index contributed by atoms with van der Waals surface area (Å²) in [6, 6.07) is 11.4. The summed E-state index contributed by atoms with van der Waals surface area (Å²) in [5.74, 6) is 0.754. The normalized spacial score (nSPS) is 15.8. The van der Waals surface area contributed by atoms with Gasteiger partial charge in [0.15, 0.2) is 0 Å². The van der Waals surface area contributed by atoms with Crippen LogP contribution in [-0.2, 0) is 6.42 Å². The van der Waals surface area contributed by atoms with Crippen LogP contribution in [0.1, 0.15) is 46.6 Å². The molecular formula is C24H20FN5O2. The van der Waals surface area contributed by atoms with Gasteiger partial charge in [-0.15, -0.1) is 0 Å². The molecule has 1 aliphatic heterocycles. The van der Waals surface area contributed by atoms with Crippen LogP contribution >= 0.6 is 0 Å². The SMILES string of the molecule is O=C(c1cccc(-c2cncnc2)n1)N1CCC[C@H]1c1ncc(Cc2ccc(F)cc2)o1. The van der Waals surface area contributed by atoms with Crippen LogP contribution in [0.2, 0.25) is 0 Å². The minimum atomic E-state index is -0.274. The molecule has 160 valence electrons. The zero-order chi connectivity index (χ0) is 21.9. The Labute approximate surface area is 184 Å². The number of aromatic nitrogens is 4. The lowest BCUT2D eigenvalue weighted by Gasteiger charge is -2.22. The van der Waals surface area contributed by atoms with Gasteiger partial charge in [0, 0.05) is 30.9 Å². The second kappa shape index (κ2) is 8.66.